The quantitative estimate of drug-likeness (QED) is 0.593. The number of aromatic hydroxyl groups is 1. The summed E-state index contributed by atoms with van der Waals surface area (Å²) in [7, 11) is 1.46. The molecule has 25 heavy (non-hydrogen) atoms. The average molecular weight is 341 g/mol. The maximum atomic E-state index is 12.2. The lowest BCUT2D eigenvalue weighted by atomic mass is 10.0. The predicted octanol–water partition coefficient (Wildman–Crippen LogP) is 2.04. The largest absolute Gasteiger partial charge is 0.507 e. The standard InChI is InChI=1S/C19H19NO5/c1-12-8-17(23)18(19(24)20-12)16(22)7-6-13-4-3-5-14(9-13)10-15(21)11-25-2/h3-9H,10-11H2,1-2H3,(H2,20,23,24)/b7-6+. The van der Waals surface area contributed by atoms with E-state index in [0.29, 0.717) is 11.3 Å². The van der Waals surface area contributed by atoms with Crippen LogP contribution in [0.15, 0.2) is 41.2 Å². The molecule has 0 aliphatic heterocycles. The number of pyridine rings is 1. The number of aryl methyl sites for hydroxylation is 1. The van der Waals surface area contributed by atoms with Crippen LogP contribution >= 0.6 is 0 Å². The molecule has 0 radical (unpaired) electrons. The molecule has 0 bridgehead atoms. The Hall–Kier alpha value is -2.99. The van der Waals surface area contributed by atoms with Gasteiger partial charge in [0.2, 0.25) is 0 Å². The number of carbonyl (C=O) groups is 2. The molecule has 0 spiro atoms. The number of methoxy groups -OCH3 is 1. The van der Waals surface area contributed by atoms with Gasteiger partial charge in [-0.25, -0.2) is 0 Å². The molecule has 0 aliphatic rings. The number of benzene rings is 1. The third-order valence-corrected chi connectivity index (χ3v) is 3.48. The van der Waals surface area contributed by atoms with Crippen molar-refractivity contribution in [3.05, 3.63) is 69.1 Å². The first-order chi connectivity index (χ1) is 11.9. The summed E-state index contributed by atoms with van der Waals surface area (Å²) in [5, 5.41) is 9.81. The van der Waals surface area contributed by atoms with Gasteiger partial charge in [-0.2, -0.15) is 0 Å². The number of ketones is 2. The number of carbonyl (C=O) groups excluding carboxylic acids is 2. The zero-order valence-corrected chi connectivity index (χ0v) is 14.0. The lowest BCUT2D eigenvalue weighted by Gasteiger charge is -2.03. The summed E-state index contributed by atoms with van der Waals surface area (Å²) in [5.41, 5.74) is 1.04. The van der Waals surface area contributed by atoms with Gasteiger partial charge >= 0.3 is 0 Å². The second kappa shape index (κ2) is 8.21. The molecule has 0 amide bonds. The van der Waals surface area contributed by atoms with E-state index in [0.717, 1.165) is 5.56 Å². The van der Waals surface area contributed by atoms with Crippen molar-refractivity contribution in [2.45, 2.75) is 13.3 Å². The van der Waals surface area contributed by atoms with E-state index in [2.05, 4.69) is 4.98 Å². The van der Waals surface area contributed by atoms with Crippen molar-refractivity contribution >= 4 is 17.6 Å². The monoisotopic (exact) mass is 341 g/mol. The Labute approximate surface area is 144 Å². The molecule has 130 valence electrons. The van der Waals surface area contributed by atoms with Gasteiger partial charge in [-0.1, -0.05) is 30.3 Å². The van der Waals surface area contributed by atoms with Gasteiger partial charge in [-0.15, -0.1) is 0 Å². The smallest absolute Gasteiger partial charge is 0.263 e. The third kappa shape index (κ3) is 4.99. The first kappa shape index (κ1) is 18.4. The summed E-state index contributed by atoms with van der Waals surface area (Å²) < 4.78 is 4.80. The Kier molecular flexibility index (Phi) is 6.03. The minimum Gasteiger partial charge on any atom is -0.507 e. The number of aromatic nitrogens is 1. The van der Waals surface area contributed by atoms with Crippen LogP contribution in [-0.4, -0.2) is 35.4 Å². The molecule has 2 aromatic rings. The van der Waals surface area contributed by atoms with Crippen LogP contribution in [0.2, 0.25) is 0 Å². The predicted molar refractivity (Wildman–Crippen MR) is 93.9 cm³/mol. The molecule has 0 atom stereocenters. The number of aromatic amines is 1. The van der Waals surface area contributed by atoms with Gasteiger partial charge < -0.3 is 14.8 Å². The Balaban J connectivity index is 2.18. The highest BCUT2D eigenvalue weighted by Crippen LogP contribution is 2.15. The highest BCUT2D eigenvalue weighted by Gasteiger charge is 2.14. The maximum absolute atomic E-state index is 12.2. The van der Waals surface area contributed by atoms with Gasteiger partial charge in [-0.05, 0) is 30.2 Å². The fourth-order valence-electron chi connectivity index (χ4n) is 2.41. The van der Waals surface area contributed by atoms with Gasteiger partial charge in [0.05, 0.1) is 0 Å². The lowest BCUT2D eigenvalue weighted by Crippen LogP contribution is -2.17. The Morgan fingerprint density at radius 2 is 2.04 bits per heavy atom. The number of allylic oxidation sites excluding steroid dienone is 1. The highest BCUT2D eigenvalue weighted by molar-refractivity contribution is 6.08. The van der Waals surface area contributed by atoms with Crippen LogP contribution in [0.25, 0.3) is 6.08 Å². The summed E-state index contributed by atoms with van der Waals surface area (Å²) >= 11 is 0. The van der Waals surface area contributed by atoms with E-state index < -0.39 is 11.3 Å². The number of ether oxygens (including phenoxy) is 1. The molecule has 0 aliphatic carbocycles. The summed E-state index contributed by atoms with van der Waals surface area (Å²) in [6, 6.07) is 8.45. The Morgan fingerprint density at radius 1 is 1.28 bits per heavy atom. The highest BCUT2D eigenvalue weighted by atomic mass is 16.5. The molecule has 6 heteroatoms. The number of hydrogen-bond acceptors (Lipinski definition) is 5. The topological polar surface area (TPSA) is 96.5 Å². The van der Waals surface area contributed by atoms with Gasteiger partial charge in [0, 0.05) is 19.2 Å². The number of H-pyrrole nitrogens is 1. The van der Waals surface area contributed by atoms with Crippen molar-refractivity contribution in [2.24, 2.45) is 0 Å². The van der Waals surface area contributed by atoms with Crippen LogP contribution in [-0.2, 0) is 16.0 Å². The molecule has 1 heterocycles. The molecule has 0 saturated heterocycles. The summed E-state index contributed by atoms with van der Waals surface area (Å²) in [6.07, 6.45) is 2.99. The van der Waals surface area contributed by atoms with Crippen LogP contribution in [0.1, 0.15) is 27.2 Å². The molecule has 1 aromatic carbocycles. The Morgan fingerprint density at radius 3 is 2.72 bits per heavy atom. The van der Waals surface area contributed by atoms with Crippen molar-refractivity contribution < 1.29 is 19.4 Å². The number of Topliss-reactive ketones (excluding diaryl/α,β-unsaturated/α-hetero) is 1. The van der Waals surface area contributed by atoms with E-state index in [-0.39, 0.29) is 30.1 Å². The van der Waals surface area contributed by atoms with Gasteiger partial charge in [-0.3, -0.25) is 14.4 Å². The van der Waals surface area contributed by atoms with Crippen LogP contribution in [0, 0.1) is 6.92 Å². The first-order valence-electron chi connectivity index (χ1n) is 7.65. The Bertz CT molecular complexity index is 880. The minimum absolute atomic E-state index is 0.0455. The van der Waals surface area contributed by atoms with E-state index in [1.54, 1.807) is 25.1 Å². The second-order valence-corrected chi connectivity index (χ2v) is 5.63. The van der Waals surface area contributed by atoms with Crippen molar-refractivity contribution in [2.75, 3.05) is 13.7 Å². The van der Waals surface area contributed by atoms with Crippen molar-refractivity contribution in [3.8, 4) is 5.75 Å². The summed E-state index contributed by atoms with van der Waals surface area (Å²) in [6.45, 7) is 1.66. The second-order valence-electron chi connectivity index (χ2n) is 5.63. The van der Waals surface area contributed by atoms with Crippen molar-refractivity contribution in [1.82, 2.24) is 4.98 Å². The fraction of sp³-hybridized carbons (Fsp3) is 0.211. The lowest BCUT2D eigenvalue weighted by molar-refractivity contribution is -0.121. The average Bonchev–Trinajstić information content (AvgIpc) is 2.52. The molecule has 1 aromatic heterocycles. The van der Waals surface area contributed by atoms with E-state index in [4.69, 9.17) is 4.74 Å². The van der Waals surface area contributed by atoms with E-state index >= 15 is 0 Å². The third-order valence-electron chi connectivity index (χ3n) is 3.48. The van der Waals surface area contributed by atoms with Crippen molar-refractivity contribution in [3.63, 3.8) is 0 Å². The first-order valence-corrected chi connectivity index (χ1v) is 7.65. The maximum Gasteiger partial charge on any atom is 0.263 e. The summed E-state index contributed by atoms with van der Waals surface area (Å²) in [4.78, 5) is 38.1. The number of rotatable bonds is 7. The summed E-state index contributed by atoms with van der Waals surface area (Å²) in [5.74, 6) is -0.995. The van der Waals surface area contributed by atoms with E-state index in [9.17, 15) is 19.5 Å². The molecule has 2 N–H and O–H groups in total. The molecule has 6 nitrogen and oxygen atoms in total. The normalized spacial score (nSPS) is 11.0. The SMILES string of the molecule is COCC(=O)Cc1cccc(/C=C/C(=O)c2c(O)cc(C)[nH]c2=O)c1. The van der Waals surface area contributed by atoms with Crippen LogP contribution in [0.5, 0.6) is 5.75 Å². The molecular weight excluding hydrogens is 322 g/mol. The zero-order valence-electron chi connectivity index (χ0n) is 14.0. The van der Waals surface area contributed by atoms with Gasteiger partial charge in [0.25, 0.3) is 5.56 Å². The van der Waals surface area contributed by atoms with Crippen LogP contribution in [0.3, 0.4) is 0 Å². The van der Waals surface area contributed by atoms with Crippen LogP contribution in [0.4, 0.5) is 0 Å². The number of hydrogen-bond donors (Lipinski definition) is 2. The van der Waals surface area contributed by atoms with Gasteiger partial charge in [0.1, 0.15) is 17.9 Å². The van der Waals surface area contributed by atoms with Crippen molar-refractivity contribution in [1.29, 1.82) is 0 Å². The van der Waals surface area contributed by atoms with Crippen LogP contribution < -0.4 is 5.56 Å². The molecular formula is C19H19NO5. The van der Waals surface area contributed by atoms with E-state index in [1.807, 2.05) is 6.07 Å². The zero-order chi connectivity index (χ0) is 18.4. The molecule has 0 fully saturated rings. The van der Waals surface area contributed by atoms with Gasteiger partial charge in [0.15, 0.2) is 11.6 Å². The molecule has 0 saturated carbocycles. The van der Waals surface area contributed by atoms with E-state index in [1.165, 1.54) is 25.3 Å². The fourth-order valence-corrected chi connectivity index (χ4v) is 2.41. The minimum atomic E-state index is -0.633. The molecule has 2 rings (SSSR count). The molecule has 0 unspecified atom stereocenters. The number of nitrogens with one attached hydrogen (secondary N) is 1.